The summed E-state index contributed by atoms with van der Waals surface area (Å²) < 4.78 is 0. The Morgan fingerprint density at radius 1 is 1.14 bits per heavy atom. The van der Waals surface area contributed by atoms with Crippen molar-refractivity contribution in [1.29, 1.82) is 0 Å². The minimum atomic E-state index is 0.789. The van der Waals surface area contributed by atoms with Crippen LogP contribution in [0.15, 0.2) is 60.7 Å². The highest BCUT2D eigenvalue weighted by atomic mass is 15.2. The van der Waals surface area contributed by atoms with E-state index in [1.54, 1.807) is 0 Å². The summed E-state index contributed by atoms with van der Waals surface area (Å²) in [6.07, 6.45) is 7.18. The quantitative estimate of drug-likeness (QED) is 0.498. The second-order valence-electron chi connectivity index (χ2n) is 7.26. The number of nitrogens with one attached hydrogen (secondary N) is 2. The van der Waals surface area contributed by atoms with Gasteiger partial charge in [-0.2, -0.15) is 0 Å². The van der Waals surface area contributed by atoms with Gasteiger partial charge in [0.25, 0.3) is 0 Å². The number of rotatable bonds is 7. The van der Waals surface area contributed by atoms with Gasteiger partial charge in [-0.1, -0.05) is 36.4 Å². The molecule has 0 aliphatic carbocycles. The highest BCUT2D eigenvalue weighted by Gasteiger charge is 2.10. The minimum Gasteiger partial charge on any atom is -0.397 e. The number of allylic oxidation sites excluding steroid dienone is 4. The molecule has 0 saturated carbocycles. The first-order chi connectivity index (χ1) is 13.7. The lowest BCUT2D eigenvalue weighted by atomic mass is 10.0. The second kappa shape index (κ2) is 10.00. The number of nitrogens with zero attached hydrogens (tertiary/aromatic N) is 1. The van der Waals surface area contributed by atoms with Crippen molar-refractivity contribution in [2.75, 3.05) is 48.7 Å². The topological polar surface area (TPSA) is 53.3 Å². The fourth-order valence-electron chi connectivity index (χ4n) is 3.43. The van der Waals surface area contributed by atoms with Crippen LogP contribution in [0, 0.1) is 0 Å². The zero-order valence-corrected chi connectivity index (χ0v) is 17.0. The van der Waals surface area contributed by atoms with Crippen molar-refractivity contribution in [2.45, 2.75) is 20.3 Å². The number of anilines is 3. The average Bonchev–Trinajstić information content (AvgIpc) is 2.74. The zero-order valence-electron chi connectivity index (χ0n) is 17.0. The van der Waals surface area contributed by atoms with Crippen molar-refractivity contribution in [1.82, 2.24) is 5.32 Å². The van der Waals surface area contributed by atoms with E-state index in [0.29, 0.717) is 0 Å². The molecule has 1 saturated heterocycles. The molecule has 4 nitrogen and oxygen atoms in total. The largest absolute Gasteiger partial charge is 0.397 e. The van der Waals surface area contributed by atoms with E-state index < -0.39 is 0 Å². The SMILES string of the molecule is C/C=C\C=C(/C)c1ccc(N)c(NCCc2ccc(N3CCNCC3)cc2)c1. The summed E-state index contributed by atoms with van der Waals surface area (Å²) in [5.41, 5.74) is 13.0. The molecule has 28 heavy (non-hydrogen) atoms. The molecule has 4 N–H and O–H groups in total. The maximum Gasteiger partial charge on any atom is 0.0580 e. The third kappa shape index (κ3) is 5.40. The first-order valence-electron chi connectivity index (χ1n) is 10.2. The average molecular weight is 377 g/mol. The number of nitrogens with two attached hydrogens (primary N) is 1. The zero-order chi connectivity index (χ0) is 19.8. The van der Waals surface area contributed by atoms with Gasteiger partial charge in [0.2, 0.25) is 0 Å². The van der Waals surface area contributed by atoms with Crippen LogP contribution in [0.25, 0.3) is 5.57 Å². The van der Waals surface area contributed by atoms with Gasteiger partial charge >= 0.3 is 0 Å². The van der Waals surface area contributed by atoms with Gasteiger partial charge in [0.15, 0.2) is 0 Å². The predicted octanol–water partition coefficient (Wildman–Crippen LogP) is 4.31. The number of hydrogen-bond acceptors (Lipinski definition) is 4. The third-order valence-electron chi connectivity index (χ3n) is 5.19. The first kappa shape index (κ1) is 20.0. The first-order valence-corrected chi connectivity index (χ1v) is 10.2. The van der Waals surface area contributed by atoms with Crippen LogP contribution < -0.4 is 21.3 Å². The van der Waals surface area contributed by atoms with Crippen molar-refractivity contribution >= 4 is 22.6 Å². The summed E-state index contributed by atoms with van der Waals surface area (Å²) in [6, 6.07) is 15.2. The Labute approximate surface area is 169 Å². The molecule has 2 aromatic rings. The van der Waals surface area contributed by atoms with Gasteiger partial charge in [-0.3, -0.25) is 0 Å². The van der Waals surface area contributed by atoms with Crippen molar-refractivity contribution < 1.29 is 0 Å². The monoisotopic (exact) mass is 376 g/mol. The molecule has 0 atom stereocenters. The molecule has 1 aliphatic rings. The fourth-order valence-corrected chi connectivity index (χ4v) is 3.43. The van der Waals surface area contributed by atoms with Crippen molar-refractivity contribution in [3.8, 4) is 0 Å². The molecule has 2 aromatic carbocycles. The normalized spacial score (nSPS) is 15.2. The lowest BCUT2D eigenvalue weighted by Gasteiger charge is -2.29. The van der Waals surface area contributed by atoms with Gasteiger partial charge in [-0.15, -0.1) is 0 Å². The molecule has 0 aromatic heterocycles. The highest BCUT2D eigenvalue weighted by Crippen LogP contribution is 2.24. The molecule has 0 radical (unpaired) electrons. The molecular formula is C24H32N4. The predicted molar refractivity (Wildman–Crippen MR) is 123 cm³/mol. The van der Waals surface area contributed by atoms with E-state index in [-0.39, 0.29) is 0 Å². The van der Waals surface area contributed by atoms with E-state index in [0.717, 1.165) is 50.5 Å². The molecule has 0 unspecified atom stereocenters. The van der Waals surface area contributed by atoms with Crippen molar-refractivity contribution in [3.63, 3.8) is 0 Å². The van der Waals surface area contributed by atoms with E-state index in [4.69, 9.17) is 5.73 Å². The van der Waals surface area contributed by atoms with Crippen LogP contribution in [-0.2, 0) is 6.42 Å². The summed E-state index contributed by atoms with van der Waals surface area (Å²) in [5, 5.41) is 6.90. The molecular weight excluding hydrogens is 344 g/mol. The van der Waals surface area contributed by atoms with Crippen LogP contribution in [0.2, 0.25) is 0 Å². The van der Waals surface area contributed by atoms with E-state index in [2.05, 4.69) is 71.0 Å². The van der Waals surface area contributed by atoms with Crippen LogP contribution in [0.3, 0.4) is 0 Å². The van der Waals surface area contributed by atoms with Crippen molar-refractivity contribution in [2.24, 2.45) is 0 Å². The van der Waals surface area contributed by atoms with Gasteiger partial charge in [0, 0.05) is 38.4 Å². The van der Waals surface area contributed by atoms with Crippen molar-refractivity contribution in [3.05, 3.63) is 71.8 Å². The smallest absolute Gasteiger partial charge is 0.0580 e. The molecule has 1 aliphatic heterocycles. The molecule has 1 fully saturated rings. The van der Waals surface area contributed by atoms with Gasteiger partial charge in [0.1, 0.15) is 0 Å². The maximum atomic E-state index is 6.17. The summed E-state index contributed by atoms with van der Waals surface area (Å²) in [7, 11) is 0. The number of benzene rings is 2. The second-order valence-corrected chi connectivity index (χ2v) is 7.26. The molecule has 0 spiro atoms. The molecule has 148 valence electrons. The van der Waals surface area contributed by atoms with Crippen LogP contribution in [0.1, 0.15) is 25.0 Å². The third-order valence-corrected chi connectivity index (χ3v) is 5.19. The fraction of sp³-hybridized carbons (Fsp3) is 0.333. The van der Waals surface area contributed by atoms with E-state index >= 15 is 0 Å². The van der Waals surface area contributed by atoms with Gasteiger partial charge in [-0.25, -0.2) is 0 Å². The number of nitrogen functional groups attached to an aromatic ring is 1. The minimum absolute atomic E-state index is 0.789. The Kier molecular flexibility index (Phi) is 7.15. The molecule has 4 heteroatoms. The van der Waals surface area contributed by atoms with Crippen LogP contribution in [0.4, 0.5) is 17.1 Å². The summed E-state index contributed by atoms with van der Waals surface area (Å²) in [6.45, 7) is 9.30. The Morgan fingerprint density at radius 3 is 2.61 bits per heavy atom. The van der Waals surface area contributed by atoms with E-state index in [1.807, 2.05) is 19.1 Å². The number of piperazine rings is 1. The van der Waals surface area contributed by atoms with Crippen LogP contribution >= 0.6 is 0 Å². The Bertz CT molecular complexity index is 815. The summed E-state index contributed by atoms with van der Waals surface area (Å²) >= 11 is 0. The van der Waals surface area contributed by atoms with Gasteiger partial charge in [-0.05, 0) is 61.2 Å². The van der Waals surface area contributed by atoms with Gasteiger partial charge < -0.3 is 21.3 Å². The molecule has 0 amide bonds. The standard InChI is InChI=1S/C24H32N4/c1-3-4-5-19(2)21-8-11-23(25)24(18-21)27-13-12-20-6-9-22(10-7-20)28-16-14-26-15-17-28/h3-11,18,26-27H,12-17,25H2,1-2H3/b4-3-,19-5+. The number of hydrogen-bond donors (Lipinski definition) is 3. The molecule has 3 rings (SSSR count). The maximum absolute atomic E-state index is 6.17. The Balaban J connectivity index is 1.57. The lowest BCUT2D eigenvalue weighted by Crippen LogP contribution is -2.43. The van der Waals surface area contributed by atoms with Crippen LogP contribution in [0.5, 0.6) is 0 Å². The lowest BCUT2D eigenvalue weighted by molar-refractivity contribution is 0.589. The van der Waals surface area contributed by atoms with E-state index in [9.17, 15) is 0 Å². The van der Waals surface area contributed by atoms with Crippen LogP contribution in [-0.4, -0.2) is 32.7 Å². The van der Waals surface area contributed by atoms with Gasteiger partial charge in [0.05, 0.1) is 11.4 Å². The summed E-state index contributed by atoms with van der Waals surface area (Å²) in [4.78, 5) is 2.44. The Morgan fingerprint density at radius 2 is 1.89 bits per heavy atom. The molecule has 1 heterocycles. The molecule has 0 bridgehead atoms. The van der Waals surface area contributed by atoms with E-state index in [1.165, 1.54) is 22.4 Å². The Hall–Kier alpha value is -2.72. The highest BCUT2D eigenvalue weighted by molar-refractivity contribution is 5.75. The summed E-state index contributed by atoms with van der Waals surface area (Å²) in [5.74, 6) is 0.